The van der Waals surface area contributed by atoms with Crippen molar-refractivity contribution in [2.45, 2.75) is 51.0 Å². The number of thiophene rings is 1. The Balaban J connectivity index is 1.19. The molecule has 134 valence electrons. The largest absolute Gasteiger partial charge is 0.378 e. The third-order valence-electron chi connectivity index (χ3n) is 4.77. The third-order valence-corrected chi connectivity index (χ3v) is 5.76. The molecule has 0 atom stereocenters. The molecule has 1 aliphatic carbocycles. The number of amides is 1. The molecular weight excluding hydrogens is 338 g/mol. The molecule has 1 aliphatic heterocycles. The van der Waals surface area contributed by atoms with Crippen LogP contribution in [0.4, 0.5) is 0 Å². The first kappa shape index (κ1) is 16.7. The second kappa shape index (κ2) is 7.25. The van der Waals surface area contributed by atoms with Crippen molar-refractivity contribution in [2.75, 3.05) is 19.7 Å². The summed E-state index contributed by atoms with van der Waals surface area (Å²) < 4.78 is 11.2. The van der Waals surface area contributed by atoms with Crippen LogP contribution in [0.1, 0.15) is 57.9 Å². The van der Waals surface area contributed by atoms with Gasteiger partial charge in [0.2, 0.25) is 5.89 Å². The SMILES string of the molecule is Cc1ccc(C(=O)N2CCC(OCCc3noc(C4CC4)n3)CC2)s1. The van der Waals surface area contributed by atoms with Gasteiger partial charge in [-0.25, -0.2) is 0 Å². The summed E-state index contributed by atoms with van der Waals surface area (Å²) in [7, 11) is 0. The lowest BCUT2D eigenvalue weighted by atomic mass is 10.1. The zero-order valence-corrected chi connectivity index (χ0v) is 15.3. The molecule has 1 amide bonds. The van der Waals surface area contributed by atoms with E-state index in [9.17, 15) is 4.79 Å². The molecule has 0 N–H and O–H groups in total. The smallest absolute Gasteiger partial charge is 0.263 e. The predicted molar refractivity (Wildman–Crippen MR) is 93.9 cm³/mol. The van der Waals surface area contributed by atoms with Gasteiger partial charge in [-0.2, -0.15) is 4.98 Å². The first-order valence-corrected chi connectivity index (χ1v) is 9.80. The minimum atomic E-state index is 0.149. The Morgan fingerprint density at radius 2 is 2.12 bits per heavy atom. The van der Waals surface area contributed by atoms with Crippen LogP contribution in [-0.2, 0) is 11.2 Å². The van der Waals surface area contributed by atoms with Gasteiger partial charge >= 0.3 is 0 Å². The highest BCUT2D eigenvalue weighted by Crippen LogP contribution is 2.38. The summed E-state index contributed by atoms with van der Waals surface area (Å²) in [5.41, 5.74) is 0. The fourth-order valence-electron chi connectivity index (χ4n) is 3.11. The van der Waals surface area contributed by atoms with Crippen LogP contribution in [0.5, 0.6) is 0 Å². The molecule has 1 saturated carbocycles. The molecule has 25 heavy (non-hydrogen) atoms. The van der Waals surface area contributed by atoms with Crippen molar-refractivity contribution in [3.8, 4) is 0 Å². The van der Waals surface area contributed by atoms with Crippen molar-refractivity contribution in [2.24, 2.45) is 0 Å². The Labute approximate surface area is 151 Å². The zero-order chi connectivity index (χ0) is 17.2. The van der Waals surface area contributed by atoms with Crippen molar-refractivity contribution in [3.63, 3.8) is 0 Å². The lowest BCUT2D eigenvalue weighted by Gasteiger charge is -2.31. The standard InChI is InChI=1S/C18H23N3O3S/c1-12-2-5-15(25-12)18(22)21-9-6-14(7-10-21)23-11-8-16-19-17(24-20-16)13-3-4-13/h2,5,13-14H,3-4,6-11H2,1H3. The molecule has 2 aliphatic rings. The second-order valence-corrected chi connectivity index (χ2v) is 8.13. The van der Waals surface area contributed by atoms with Gasteiger partial charge in [0, 0.05) is 30.3 Å². The summed E-state index contributed by atoms with van der Waals surface area (Å²) in [4.78, 5) is 20.8. The minimum Gasteiger partial charge on any atom is -0.378 e. The third kappa shape index (κ3) is 4.10. The normalized spacial score (nSPS) is 18.7. The van der Waals surface area contributed by atoms with Crippen LogP contribution in [0.15, 0.2) is 16.7 Å². The lowest BCUT2D eigenvalue weighted by molar-refractivity contribution is 0.00961. The van der Waals surface area contributed by atoms with Gasteiger partial charge in [0.05, 0.1) is 17.6 Å². The number of piperidine rings is 1. The number of aryl methyl sites for hydroxylation is 1. The highest BCUT2D eigenvalue weighted by molar-refractivity contribution is 7.13. The van der Waals surface area contributed by atoms with Crippen molar-refractivity contribution >= 4 is 17.2 Å². The number of aromatic nitrogens is 2. The fourth-order valence-corrected chi connectivity index (χ4v) is 3.95. The summed E-state index contributed by atoms with van der Waals surface area (Å²) in [5.74, 6) is 2.17. The summed E-state index contributed by atoms with van der Waals surface area (Å²) in [6.07, 6.45) is 5.00. The number of hydrogen-bond acceptors (Lipinski definition) is 6. The summed E-state index contributed by atoms with van der Waals surface area (Å²) in [6.45, 7) is 4.15. The molecule has 2 fully saturated rings. The fraction of sp³-hybridized carbons (Fsp3) is 0.611. The minimum absolute atomic E-state index is 0.149. The summed E-state index contributed by atoms with van der Waals surface area (Å²) >= 11 is 1.56. The van der Waals surface area contributed by atoms with Gasteiger partial charge in [-0.1, -0.05) is 5.16 Å². The van der Waals surface area contributed by atoms with Gasteiger partial charge in [0.1, 0.15) is 0 Å². The van der Waals surface area contributed by atoms with E-state index in [1.165, 1.54) is 17.7 Å². The summed E-state index contributed by atoms with van der Waals surface area (Å²) in [5, 5.41) is 4.01. The van der Waals surface area contributed by atoms with Crippen LogP contribution in [0.25, 0.3) is 0 Å². The Bertz CT molecular complexity index is 730. The van der Waals surface area contributed by atoms with Crippen LogP contribution >= 0.6 is 11.3 Å². The van der Waals surface area contributed by atoms with Gasteiger partial charge in [-0.3, -0.25) is 4.79 Å². The first-order valence-electron chi connectivity index (χ1n) is 8.99. The molecule has 1 saturated heterocycles. The van der Waals surface area contributed by atoms with Crippen molar-refractivity contribution in [1.82, 2.24) is 15.0 Å². The quantitative estimate of drug-likeness (QED) is 0.790. The Morgan fingerprint density at radius 1 is 1.32 bits per heavy atom. The maximum atomic E-state index is 12.4. The molecule has 0 unspecified atom stereocenters. The van der Waals surface area contributed by atoms with Crippen LogP contribution in [0.2, 0.25) is 0 Å². The topological polar surface area (TPSA) is 68.5 Å². The average molecular weight is 361 g/mol. The molecule has 0 bridgehead atoms. The number of rotatable bonds is 6. The van der Waals surface area contributed by atoms with E-state index in [0.717, 1.165) is 42.5 Å². The zero-order valence-electron chi connectivity index (χ0n) is 14.4. The van der Waals surface area contributed by atoms with E-state index in [1.54, 1.807) is 11.3 Å². The monoisotopic (exact) mass is 361 g/mol. The van der Waals surface area contributed by atoms with Gasteiger partial charge < -0.3 is 14.2 Å². The van der Waals surface area contributed by atoms with E-state index in [2.05, 4.69) is 10.1 Å². The van der Waals surface area contributed by atoms with E-state index >= 15 is 0 Å². The van der Waals surface area contributed by atoms with Gasteiger partial charge in [-0.15, -0.1) is 11.3 Å². The molecule has 0 radical (unpaired) electrons. The highest BCUT2D eigenvalue weighted by Gasteiger charge is 2.29. The molecule has 0 spiro atoms. The Hall–Kier alpha value is -1.73. The first-order chi connectivity index (χ1) is 12.2. The molecule has 6 nitrogen and oxygen atoms in total. The number of carbonyl (C=O) groups is 1. The molecule has 2 aromatic rings. The van der Waals surface area contributed by atoms with Crippen molar-refractivity contribution in [1.29, 1.82) is 0 Å². The lowest BCUT2D eigenvalue weighted by Crippen LogP contribution is -2.40. The highest BCUT2D eigenvalue weighted by atomic mass is 32.1. The van der Waals surface area contributed by atoms with Crippen molar-refractivity contribution in [3.05, 3.63) is 33.6 Å². The average Bonchev–Trinajstić information content (AvgIpc) is 3.21. The van der Waals surface area contributed by atoms with Gasteiger partial charge in [-0.05, 0) is 44.7 Å². The van der Waals surface area contributed by atoms with Crippen LogP contribution in [0.3, 0.4) is 0 Å². The second-order valence-electron chi connectivity index (χ2n) is 6.85. The van der Waals surface area contributed by atoms with Crippen LogP contribution in [0, 0.1) is 6.92 Å². The number of carbonyl (C=O) groups excluding carboxylic acids is 1. The van der Waals surface area contributed by atoms with E-state index in [1.807, 2.05) is 24.0 Å². The maximum absolute atomic E-state index is 12.4. The molecule has 4 rings (SSSR count). The Kier molecular flexibility index (Phi) is 4.85. The number of hydrogen-bond donors (Lipinski definition) is 0. The van der Waals surface area contributed by atoms with E-state index < -0.39 is 0 Å². The van der Waals surface area contributed by atoms with Crippen LogP contribution < -0.4 is 0 Å². The molecule has 0 aromatic carbocycles. The number of ether oxygens (including phenoxy) is 1. The molecule has 3 heterocycles. The van der Waals surface area contributed by atoms with E-state index in [-0.39, 0.29) is 12.0 Å². The van der Waals surface area contributed by atoms with Crippen molar-refractivity contribution < 1.29 is 14.1 Å². The molecule has 7 heteroatoms. The molecular formula is C18H23N3O3S. The molecule has 2 aromatic heterocycles. The number of nitrogens with zero attached hydrogens (tertiary/aromatic N) is 3. The van der Waals surface area contributed by atoms with E-state index in [4.69, 9.17) is 9.26 Å². The van der Waals surface area contributed by atoms with Gasteiger partial charge in [0.25, 0.3) is 5.91 Å². The Morgan fingerprint density at radius 3 is 2.80 bits per heavy atom. The summed E-state index contributed by atoms with van der Waals surface area (Å²) in [6, 6.07) is 3.92. The maximum Gasteiger partial charge on any atom is 0.263 e. The van der Waals surface area contributed by atoms with Crippen LogP contribution in [-0.4, -0.2) is 46.7 Å². The van der Waals surface area contributed by atoms with E-state index in [0.29, 0.717) is 18.9 Å². The number of likely N-dealkylation sites (tertiary alicyclic amines) is 1. The van der Waals surface area contributed by atoms with Gasteiger partial charge in [0.15, 0.2) is 5.82 Å². The predicted octanol–water partition coefficient (Wildman–Crippen LogP) is 3.18.